The van der Waals surface area contributed by atoms with Gasteiger partial charge in [0.1, 0.15) is 5.82 Å². The molecule has 3 heterocycles. The Kier molecular flexibility index (Phi) is 3.84. The SMILES string of the molecule is O=C(Nc1ccc2cn[nH]c2c1)c1ccc(N2CCOCC2)nc1. The molecule has 0 unspecified atom stereocenters. The average Bonchev–Trinajstić information content (AvgIpc) is 3.10. The molecular weight excluding hydrogens is 306 g/mol. The van der Waals surface area contributed by atoms with E-state index >= 15 is 0 Å². The van der Waals surface area contributed by atoms with Crippen LogP contribution in [0.4, 0.5) is 11.5 Å². The molecule has 4 rings (SSSR count). The Morgan fingerprint density at radius 3 is 2.83 bits per heavy atom. The summed E-state index contributed by atoms with van der Waals surface area (Å²) in [5, 5.41) is 10.7. The summed E-state index contributed by atoms with van der Waals surface area (Å²) in [5.41, 5.74) is 2.12. The number of carbonyl (C=O) groups excluding carboxylic acids is 1. The minimum atomic E-state index is -0.185. The summed E-state index contributed by atoms with van der Waals surface area (Å²) in [4.78, 5) is 18.9. The average molecular weight is 323 g/mol. The Labute approximate surface area is 138 Å². The van der Waals surface area contributed by atoms with Crippen LogP contribution in [0.25, 0.3) is 10.9 Å². The standard InChI is InChI=1S/C17H17N5O2/c23-17(20-14-3-1-12-11-19-21-15(12)9-14)13-2-4-16(18-10-13)22-5-7-24-8-6-22/h1-4,9-11H,5-8H2,(H,19,21)(H,20,23). The van der Waals surface area contributed by atoms with Crippen LogP contribution in [0.2, 0.25) is 0 Å². The van der Waals surface area contributed by atoms with Gasteiger partial charge in [0.2, 0.25) is 0 Å². The number of anilines is 2. The molecule has 2 N–H and O–H groups in total. The van der Waals surface area contributed by atoms with Crippen molar-refractivity contribution in [1.29, 1.82) is 0 Å². The van der Waals surface area contributed by atoms with E-state index in [1.807, 2.05) is 24.3 Å². The van der Waals surface area contributed by atoms with Gasteiger partial charge in [0.25, 0.3) is 5.91 Å². The summed E-state index contributed by atoms with van der Waals surface area (Å²) < 4.78 is 5.33. The fraction of sp³-hybridized carbons (Fsp3) is 0.235. The molecule has 0 spiro atoms. The van der Waals surface area contributed by atoms with Crippen LogP contribution in [0.1, 0.15) is 10.4 Å². The number of aromatic amines is 1. The number of hydrogen-bond acceptors (Lipinski definition) is 5. The number of rotatable bonds is 3. The van der Waals surface area contributed by atoms with E-state index < -0.39 is 0 Å². The van der Waals surface area contributed by atoms with Crippen molar-refractivity contribution in [3.63, 3.8) is 0 Å². The van der Waals surface area contributed by atoms with Gasteiger partial charge in [0.05, 0.1) is 30.5 Å². The maximum absolute atomic E-state index is 12.4. The number of hydrogen-bond donors (Lipinski definition) is 2. The lowest BCUT2D eigenvalue weighted by Gasteiger charge is -2.27. The van der Waals surface area contributed by atoms with Crippen molar-refractivity contribution in [3.8, 4) is 0 Å². The van der Waals surface area contributed by atoms with Gasteiger partial charge in [-0.25, -0.2) is 4.98 Å². The zero-order valence-corrected chi connectivity index (χ0v) is 13.0. The second-order valence-corrected chi connectivity index (χ2v) is 5.63. The van der Waals surface area contributed by atoms with Crippen molar-refractivity contribution in [3.05, 3.63) is 48.3 Å². The van der Waals surface area contributed by atoms with E-state index in [0.717, 1.165) is 29.8 Å². The number of pyridine rings is 1. The predicted octanol–water partition coefficient (Wildman–Crippen LogP) is 2.05. The number of fused-ring (bicyclic) bond motifs is 1. The lowest BCUT2D eigenvalue weighted by molar-refractivity contribution is 0.102. The number of morpholine rings is 1. The monoisotopic (exact) mass is 323 g/mol. The van der Waals surface area contributed by atoms with Crippen LogP contribution < -0.4 is 10.2 Å². The molecule has 0 radical (unpaired) electrons. The molecule has 1 aliphatic rings. The molecular formula is C17H17N5O2. The van der Waals surface area contributed by atoms with E-state index in [-0.39, 0.29) is 5.91 Å². The molecule has 0 bridgehead atoms. The number of ether oxygens (including phenoxy) is 1. The van der Waals surface area contributed by atoms with Gasteiger partial charge < -0.3 is 15.0 Å². The van der Waals surface area contributed by atoms with E-state index in [0.29, 0.717) is 24.5 Å². The second-order valence-electron chi connectivity index (χ2n) is 5.63. The van der Waals surface area contributed by atoms with E-state index in [1.54, 1.807) is 18.5 Å². The molecule has 0 saturated carbocycles. The Morgan fingerprint density at radius 1 is 1.17 bits per heavy atom. The van der Waals surface area contributed by atoms with Crippen LogP contribution in [0, 0.1) is 0 Å². The molecule has 3 aromatic rings. The van der Waals surface area contributed by atoms with Crippen molar-refractivity contribution in [1.82, 2.24) is 15.2 Å². The molecule has 7 heteroatoms. The highest BCUT2D eigenvalue weighted by Gasteiger charge is 2.13. The van der Waals surface area contributed by atoms with E-state index in [4.69, 9.17) is 4.74 Å². The first-order valence-electron chi connectivity index (χ1n) is 7.83. The number of benzene rings is 1. The van der Waals surface area contributed by atoms with Gasteiger partial charge in [-0.15, -0.1) is 0 Å². The minimum absolute atomic E-state index is 0.185. The zero-order chi connectivity index (χ0) is 16.4. The third-order valence-electron chi connectivity index (χ3n) is 4.04. The predicted molar refractivity (Wildman–Crippen MR) is 91.3 cm³/mol. The third kappa shape index (κ3) is 2.93. The van der Waals surface area contributed by atoms with Gasteiger partial charge in [-0.05, 0) is 30.3 Å². The molecule has 1 amide bonds. The first-order chi connectivity index (χ1) is 11.8. The van der Waals surface area contributed by atoms with Gasteiger partial charge in [0.15, 0.2) is 0 Å². The summed E-state index contributed by atoms with van der Waals surface area (Å²) in [5.74, 6) is 0.684. The lowest BCUT2D eigenvalue weighted by atomic mass is 10.2. The highest BCUT2D eigenvalue weighted by atomic mass is 16.5. The van der Waals surface area contributed by atoms with Gasteiger partial charge in [-0.3, -0.25) is 9.89 Å². The van der Waals surface area contributed by atoms with Crippen molar-refractivity contribution < 1.29 is 9.53 Å². The van der Waals surface area contributed by atoms with Gasteiger partial charge >= 0.3 is 0 Å². The normalized spacial score (nSPS) is 14.8. The minimum Gasteiger partial charge on any atom is -0.378 e. The molecule has 1 aliphatic heterocycles. The molecule has 2 aromatic heterocycles. The Morgan fingerprint density at radius 2 is 2.04 bits per heavy atom. The third-order valence-corrected chi connectivity index (χ3v) is 4.04. The summed E-state index contributed by atoms with van der Waals surface area (Å²) in [7, 11) is 0. The topological polar surface area (TPSA) is 83.1 Å². The van der Waals surface area contributed by atoms with Crippen LogP contribution in [0.3, 0.4) is 0 Å². The largest absolute Gasteiger partial charge is 0.378 e. The van der Waals surface area contributed by atoms with Crippen LogP contribution in [-0.4, -0.2) is 47.4 Å². The van der Waals surface area contributed by atoms with Gasteiger partial charge in [-0.2, -0.15) is 5.10 Å². The molecule has 1 saturated heterocycles. The molecule has 0 aliphatic carbocycles. The highest BCUT2D eigenvalue weighted by molar-refractivity contribution is 6.04. The maximum Gasteiger partial charge on any atom is 0.257 e. The van der Waals surface area contributed by atoms with Crippen molar-refractivity contribution in [2.75, 3.05) is 36.5 Å². The first-order valence-corrected chi connectivity index (χ1v) is 7.83. The Balaban J connectivity index is 1.47. The number of H-pyrrole nitrogens is 1. The summed E-state index contributed by atoms with van der Waals surface area (Å²) in [6.45, 7) is 3.06. The zero-order valence-electron chi connectivity index (χ0n) is 13.0. The second kappa shape index (κ2) is 6.29. The van der Waals surface area contributed by atoms with Crippen LogP contribution >= 0.6 is 0 Å². The molecule has 1 aromatic carbocycles. The molecule has 1 fully saturated rings. The maximum atomic E-state index is 12.4. The van der Waals surface area contributed by atoms with Gasteiger partial charge in [-0.1, -0.05) is 0 Å². The number of carbonyl (C=O) groups is 1. The number of amides is 1. The highest BCUT2D eigenvalue weighted by Crippen LogP contribution is 2.18. The van der Waals surface area contributed by atoms with E-state index in [9.17, 15) is 4.79 Å². The van der Waals surface area contributed by atoms with Crippen LogP contribution in [-0.2, 0) is 4.74 Å². The fourth-order valence-corrected chi connectivity index (χ4v) is 2.72. The number of nitrogens with zero attached hydrogens (tertiary/aromatic N) is 3. The van der Waals surface area contributed by atoms with E-state index in [2.05, 4.69) is 25.4 Å². The summed E-state index contributed by atoms with van der Waals surface area (Å²) >= 11 is 0. The molecule has 122 valence electrons. The van der Waals surface area contributed by atoms with Crippen molar-refractivity contribution >= 4 is 28.3 Å². The van der Waals surface area contributed by atoms with Crippen molar-refractivity contribution in [2.45, 2.75) is 0 Å². The smallest absolute Gasteiger partial charge is 0.257 e. The lowest BCUT2D eigenvalue weighted by Crippen LogP contribution is -2.36. The number of aromatic nitrogens is 3. The molecule has 24 heavy (non-hydrogen) atoms. The van der Waals surface area contributed by atoms with Crippen LogP contribution in [0.5, 0.6) is 0 Å². The number of nitrogens with one attached hydrogen (secondary N) is 2. The van der Waals surface area contributed by atoms with Crippen LogP contribution in [0.15, 0.2) is 42.7 Å². The Hall–Kier alpha value is -2.93. The summed E-state index contributed by atoms with van der Waals surface area (Å²) in [6, 6.07) is 9.29. The van der Waals surface area contributed by atoms with Gasteiger partial charge in [0, 0.05) is 30.4 Å². The molecule has 7 nitrogen and oxygen atoms in total. The Bertz CT molecular complexity index is 853. The van der Waals surface area contributed by atoms with Crippen molar-refractivity contribution in [2.24, 2.45) is 0 Å². The molecule has 0 atom stereocenters. The summed E-state index contributed by atoms with van der Waals surface area (Å²) in [6.07, 6.45) is 3.35. The fourth-order valence-electron chi connectivity index (χ4n) is 2.72. The quantitative estimate of drug-likeness (QED) is 0.771. The van der Waals surface area contributed by atoms with E-state index in [1.165, 1.54) is 0 Å². The first kappa shape index (κ1) is 14.6.